The van der Waals surface area contributed by atoms with Crippen molar-refractivity contribution in [3.05, 3.63) is 12.2 Å². The van der Waals surface area contributed by atoms with Crippen LogP contribution in [0.25, 0.3) is 0 Å². The molecule has 2 spiro atoms. The fourth-order valence-corrected chi connectivity index (χ4v) is 12.6. The zero-order valence-electron chi connectivity index (χ0n) is 27.8. The van der Waals surface area contributed by atoms with Gasteiger partial charge < -0.3 is 35.0 Å². The molecule has 0 aromatic carbocycles. The van der Waals surface area contributed by atoms with Crippen LogP contribution in [0.1, 0.15) is 106 Å². The Hall–Kier alpha value is -0.540. The third kappa shape index (κ3) is 4.30. The largest absolute Gasteiger partial charge is 0.390 e. The molecule has 0 aromatic rings. The van der Waals surface area contributed by atoms with Gasteiger partial charge in [-0.1, -0.05) is 60.6 Å². The van der Waals surface area contributed by atoms with Crippen LogP contribution in [0, 0.1) is 56.7 Å². The summed E-state index contributed by atoms with van der Waals surface area (Å²) >= 11 is 0. The fourth-order valence-electron chi connectivity index (χ4n) is 12.6. The van der Waals surface area contributed by atoms with Crippen LogP contribution in [0.15, 0.2) is 12.2 Å². The highest BCUT2D eigenvalue weighted by molar-refractivity contribution is 5.33. The highest BCUT2D eigenvalue weighted by Gasteiger charge is 2.85. The van der Waals surface area contributed by atoms with Crippen LogP contribution in [0.2, 0.25) is 0 Å². The lowest BCUT2D eigenvalue weighted by Gasteiger charge is -2.66. The minimum absolute atomic E-state index is 0.0233. The van der Waals surface area contributed by atoms with Gasteiger partial charge in [0.05, 0.1) is 24.9 Å². The summed E-state index contributed by atoms with van der Waals surface area (Å²) in [4.78, 5) is 0. The first-order valence-corrected chi connectivity index (χ1v) is 17.3. The molecule has 6 fully saturated rings. The number of aliphatic hydroxyl groups is 5. The van der Waals surface area contributed by atoms with Crippen LogP contribution < -0.4 is 0 Å². The van der Waals surface area contributed by atoms with Gasteiger partial charge in [0.15, 0.2) is 6.29 Å². The van der Waals surface area contributed by atoms with Crippen LogP contribution in [-0.2, 0) is 9.47 Å². The van der Waals surface area contributed by atoms with Gasteiger partial charge in [-0.3, -0.25) is 0 Å². The summed E-state index contributed by atoms with van der Waals surface area (Å²) in [7, 11) is 0. The number of fused-ring (bicyclic) bond motifs is 2. The van der Waals surface area contributed by atoms with Crippen molar-refractivity contribution in [1.82, 2.24) is 0 Å². The Labute approximate surface area is 259 Å². The van der Waals surface area contributed by atoms with Gasteiger partial charge >= 0.3 is 0 Å². The molecule has 246 valence electrons. The molecule has 5 aliphatic carbocycles. The second kappa shape index (κ2) is 10.5. The molecule has 6 aliphatic rings. The molecule has 5 N–H and O–H groups in total. The zero-order chi connectivity index (χ0) is 31.5. The number of allylic oxidation sites excluding steroid dienone is 1. The quantitative estimate of drug-likeness (QED) is 0.209. The van der Waals surface area contributed by atoms with Crippen molar-refractivity contribution < 1.29 is 35.0 Å². The van der Waals surface area contributed by atoms with Gasteiger partial charge in [0, 0.05) is 5.92 Å². The van der Waals surface area contributed by atoms with Gasteiger partial charge in [0.2, 0.25) is 0 Å². The van der Waals surface area contributed by atoms with Gasteiger partial charge in [0.25, 0.3) is 0 Å². The van der Waals surface area contributed by atoms with Crippen molar-refractivity contribution in [2.24, 2.45) is 56.7 Å². The summed E-state index contributed by atoms with van der Waals surface area (Å²) in [5, 5.41) is 55.0. The molecule has 43 heavy (non-hydrogen) atoms. The molecular weight excluding hydrogens is 544 g/mol. The van der Waals surface area contributed by atoms with E-state index in [1.165, 1.54) is 24.8 Å². The van der Waals surface area contributed by atoms with Gasteiger partial charge in [0.1, 0.15) is 18.3 Å². The Morgan fingerprint density at radius 2 is 1.47 bits per heavy atom. The minimum atomic E-state index is -1.34. The summed E-state index contributed by atoms with van der Waals surface area (Å²) < 4.78 is 12.0. The first-order chi connectivity index (χ1) is 20.0. The molecule has 7 heteroatoms. The maximum Gasteiger partial charge on any atom is 0.186 e. The lowest BCUT2D eigenvalue weighted by molar-refractivity contribution is -0.311. The molecule has 1 heterocycles. The molecule has 1 aliphatic heterocycles. The predicted molar refractivity (Wildman–Crippen MR) is 165 cm³/mol. The Morgan fingerprint density at radius 3 is 2.14 bits per heavy atom. The van der Waals surface area contributed by atoms with Gasteiger partial charge in [-0.25, -0.2) is 0 Å². The van der Waals surface area contributed by atoms with Crippen LogP contribution in [-0.4, -0.2) is 75.1 Å². The molecule has 0 amide bonds. The van der Waals surface area contributed by atoms with Crippen LogP contribution in [0.4, 0.5) is 0 Å². The second-order valence-electron chi connectivity index (χ2n) is 17.5. The lowest BCUT2D eigenvalue weighted by atomic mass is 9.40. The second-order valence-corrected chi connectivity index (χ2v) is 17.5. The summed E-state index contributed by atoms with van der Waals surface area (Å²) in [6.45, 7) is 20.4. The maximum atomic E-state index is 12.2. The van der Waals surface area contributed by atoms with Gasteiger partial charge in [-0.15, -0.1) is 0 Å². The van der Waals surface area contributed by atoms with Crippen LogP contribution >= 0.6 is 0 Å². The summed E-state index contributed by atoms with van der Waals surface area (Å²) in [5.74, 6) is 1.69. The molecule has 6 rings (SSSR count). The van der Waals surface area contributed by atoms with E-state index in [4.69, 9.17) is 9.47 Å². The fraction of sp³-hybridized carbons (Fsp3) is 0.944. The molecule has 1 saturated heterocycles. The van der Waals surface area contributed by atoms with Crippen molar-refractivity contribution in [3.63, 3.8) is 0 Å². The standard InChI is InChI=1S/C36H60O7/c1-19(2)20(3)9-10-21(4)22-11-13-34(8)30-27(40)26(39)29-32(5,6)24(43-31-28(41)25(38)23(37)17-42-31)12-14-35(29)18-36(30,35)16-15-33(22,34)7/h19,21-31,37-41H,3,9-18H2,1-2,4-8H3. The topological polar surface area (TPSA) is 120 Å². The highest BCUT2D eigenvalue weighted by Crippen LogP contribution is 2.89. The van der Waals surface area contributed by atoms with E-state index in [1.54, 1.807) is 0 Å². The van der Waals surface area contributed by atoms with E-state index in [0.717, 1.165) is 38.5 Å². The van der Waals surface area contributed by atoms with E-state index < -0.39 is 42.2 Å². The molecule has 15 unspecified atom stereocenters. The summed E-state index contributed by atoms with van der Waals surface area (Å²) in [5.41, 5.74) is 0.988. The number of hydrogen-bond acceptors (Lipinski definition) is 7. The minimum Gasteiger partial charge on any atom is -0.390 e. The molecular formula is C36H60O7. The van der Waals surface area contributed by atoms with E-state index in [0.29, 0.717) is 17.8 Å². The summed E-state index contributed by atoms with van der Waals surface area (Å²) in [6.07, 6.45) is 2.82. The first-order valence-electron chi connectivity index (χ1n) is 17.3. The normalized spacial score (nSPS) is 54.3. The average molecular weight is 605 g/mol. The van der Waals surface area contributed by atoms with E-state index in [-0.39, 0.29) is 46.2 Å². The number of rotatable bonds is 7. The van der Waals surface area contributed by atoms with Crippen LogP contribution in [0.3, 0.4) is 0 Å². The smallest absolute Gasteiger partial charge is 0.186 e. The molecule has 7 nitrogen and oxygen atoms in total. The predicted octanol–water partition coefficient (Wildman–Crippen LogP) is 4.82. The van der Waals surface area contributed by atoms with Crippen LogP contribution in [0.5, 0.6) is 0 Å². The average Bonchev–Trinajstić information content (AvgIpc) is 3.48. The zero-order valence-corrected chi connectivity index (χ0v) is 27.8. The van der Waals surface area contributed by atoms with Gasteiger partial charge in [-0.2, -0.15) is 0 Å². The van der Waals surface area contributed by atoms with Crippen molar-refractivity contribution in [1.29, 1.82) is 0 Å². The summed E-state index contributed by atoms with van der Waals surface area (Å²) in [6, 6.07) is 0. The monoisotopic (exact) mass is 604 g/mol. The van der Waals surface area contributed by atoms with E-state index in [9.17, 15) is 25.5 Å². The third-order valence-corrected chi connectivity index (χ3v) is 15.3. The molecule has 5 saturated carbocycles. The third-order valence-electron chi connectivity index (χ3n) is 15.3. The molecule has 15 atom stereocenters. The van der Waals surface area contributed by atoms with Crippen molar-refractivity contribution >= 4 is 0 Å². The van der Waals surface area contributed by atoms with Gasteiger partial charge in [-0.05, 0) is 109 Å². The van der Waals surface area contributed by atoms with E-state index in [1.807, 2.05) is 0 Å². The number of hydrogen-bond donors (Lipinski definition) is 5. The molecule has 0 radical (unpaired) electrons. The van der Waals surface area contributed by atoms with E-state index in [2.05, 4.69) is 55.0 Å². The molecule has 0 aromatic heterocycles. The Bertz CT molecular complexity index is 1090. The van der Waals surface area contributed by atoms with Crippen molar-refractivity contribution in [2.75, 3.05) is 6.61 Å². The SMILES string of the molecule is C=C(CCC(C)C1CCC2(C)C3C(O)C(O)C4C(C)(C)C(OC5OCC(O)C(O)C5O)CCC45CC35CCC12C)C(C)C. The first kappa shape index (κ1) is 32.4. The Morgan fingerprint density at radius 1 is 0.814 bits per heavy atom. The lowest BCUT2D eigenvalue weighted by Crippen LogP contribution is -2.67. The highest BCUT2D eigenvalue weighted by atomic mass is 16.7. The van der Waals surface area contributed by atoms with Crippen molar-refractivity contribution in [3.8, 4) is 0 Å². The van der Waals surface area contributed by atoms with Crippen molar-refractivity contribution in [2.45, 2.75) is 149 Å². The molecule has 0 bridgehead atoms. The van der Waals surface area contributed by atoms with E-state index >= 15 is 0 Å². The maximum absolute atomic E-state index is 12.2. The Balaban J connectivity index is 1.24. The number of ether oxygens (including phenoxy) is 2. The number of aliphatic hydroxyl groups excluding tert-OH is 5. The Kier molecular flexibility index (Phi) is 7.90.